The summed E-state index contributed by atoms with van der Waals surface area (Å²) < 4.78 is 6.42. The minimum atomic E-state index is 0.0733. The molecule has 0 spiro atoms. The van der Waals surface area contributed by atoms with E-state index in [9.17, 15) is 10.4 Å². The van der Waals surface area contributed by atoms with E-state index < -0.39 is 0 Å². The van der Waals surface area contributed by atoms with E-state index in [-0.39, 0.29) is 30.9 Å². The van der Waals surface area contributed by atoms with Crippen molar-refractivity contribution in [1.29, 1.82) is 5.26 Å². The summed E-state index contributed by atoms with van der Waals surface area (Å²) in [4.78, 5) is 11.9. The fourth-order valence-corrected chi connectivity index (χ4v) is 6.57. The summed E-state index contributed by atoms with van der Waals surface area (Å²) in [5.41, 5.74) is 6.61. The highest BCUT2D eigenvalue weighted by Gasteiger charge is 2.36. The van der Waals surface area contributed by atoms with Crippen LogP contribution in [0.4, 0.5) is 5.69 Å². The van der Waals surface area contributed by atoms with Crippen LogP contribution < -0.4 is 10.2 Å². The zero-order chi connectivity index (χ0) is 25.4. The minimum absolute atomic E-state index is 0.0733. The molecule has 4 aliphatic rings. The predicted molar refractivity (Wildman–Crippen MR) is 143 cm³/mol. The van der Waals surface area contributed by atoms with Gasteiger partial charge in [0.2, 0.25) is 0 Å². The number of nitriles is 1. The number of aliphatic hydroxyl groups excluding tert-OH is 1. The third-order valence-corrected chi connectivity index (χ3v) is 8.31. The van der Waals surface area contributed by atoms with E-state index in [2.05, 4.69) is 62.3 Å². The van der Waals surface area contributed by atoms with Crippen LogP contribution in [0.25, 0.3) is 5.57 Å². The predicted octanol–water partition coefficient (Wildman–Crippen LogP) is 2.31. The zero-order valence-electron chi connectivity index (χ0n) is 21.5. The molecule has 4 atom stereocenters. The lowest BCUT2D eigenvalue weighted by molar-refractivity contribution is -0.0998. The molecule has 1 aliphatic carbocycles. The van der Waals surface area contributed by atoms with E-state index in [0.29, 0.717) is 5.57 Å². The Kier molecular flexibility index (Phi) is 6.98. The van der Waals surface area contributed by atoms with E-state index in [1.807, 2.05) is 12.1 Å². The summed E-state index contributed by atoms with van der Waals surface area (Å²) in [7, 11) is 0. The number of fused-ring (bicyclic) bond motifs is 2. The summed E-state index contributed by atoms with van der Waals surface area (Å²) in [6.07, 6.45) is 4.86. The Morgan fingerprint density at radius 1 is 1.16 bits per heavy atom. The molecule has 0 bridgehead atoms. The van der Waals surface area contributed by atoms with Gasteiger partial charge in [0.05, 0.1) is 36.1 Å². The molecule has 2 saturated heterocycles. The molecule has 0 radical (unpaired) electrons. The van der Waals surface area contributed by atoms with Crippen LogP contribution >= 0.6 is 0 Å². The Balaban J connectivity index is 1.12. The van der Waals surface area contributed by atoms with Crippen LogP contribution in [0.15, 0.2) is 42.6 Å². The highest BCUT2D eigenvalue weighted by atomic mass is 16.5. The Morgan fingerprint density at radius 3 is 2.92 bits per heavy atom. The lowest BCUT2D eigenvalue weighted by atomic mass is 9.90. The molecule has 3 aliphatic heterocycles. The molecule has 2 aromatic rings. The van der Waals surface area contributed by atoms with Gasteiger partial charge in [-0.05, 0) is 48.2 Å². The van der Waals surface area contributed by atoms with Crippen LogP contribution in [-0.2, 0) is 17.8 Å². The third-order valence-electron chi connectivity index (χ3n) is 8.31. The van der Waals surface area contributed by atoms with Crippen molar-refractivity contribution < 1.29 is 9.84 Å². The van der Waals surface area contributed by atoms with E-state index in [4.69, 9.17) is 4.74 Å². The summed E-state index contributed by atoms with van der Waals surface area (Å²) in [5, 5.41) is 23.3. The first-order chi connectivity index (χ1) is 18.1. The van der Waals surface area contributed by atoms with Gasteiger partial charge in [-0.3, -0.25) is 14.8 Å². The molecular weight excluding hydrogens is 464 g/mol. The van der Waals surface area contributed by atoms with Gasteiger partial charge in [0, 0.05) is 70.3 Å². The van der Waals surface area contributed by atoms with Crippen LogP contribution in [0.1, 0.15) is 41.8 Å². The number of pyridine rings is 1. The van der Waals surface area contributed by atoms with Crippen LogP contribution in [0.5, 0.6) is 0 Å². The van der Waals surface area contributed by atoms with Gasteiger partial charge in [0.15, 0.2) is 0 Å². The Morgan fingerprint density at radius 2 is 2.05 bits per heavy atom. The second-order valence-electron chi connectivity index (χ2n) is 10.8. The van der Waals surface area contributed by atoms with Gasteiger partial charge in [0.1, 0.15) is 6.07 Å². The first-order valence-electron chi connectivity index (χ1n) is 13.5. The second-order valence-corrected chi connectivity index (χ2v) is 10.8. The first kappa shape index (κ1) is 24.5. The fourth-order valence-electron chi connectivity index (χ4n) is 6.57. The average Bonchev–Trinajstić information content (AvgIpc) is 3.40. The SMILES string of the molecule is C[C@@H]1CN(C2CC=C(C#N)c3ncccc32)C[C@H](CN2CCN(c3ccc4c(c3)CNC4)[C@H](CO)C2)O1. The number of anilines is 1. The summed E-state index contributed by atoms with van der Waals surface area (Å²) in [5.74, 6) is 0. The molecule has 6 rings (SSSR count). The number of hydrogen-bond donors (Lipinski definition) is 2. The maximum atomic E-state index is 10.3. The van der Waals surface area contributed by atoms with Crippen molar-refractivity contribution in [2.75, 3.05) is 50.8 Å². The quantitative estimate of drug-likeness (QED) is 0.647. The monoisotopic (exact) mass is 500 g/mol. The van der Waals surface area contributed by atoms with Gasteiger partial charge in [-0.1, -0.05) is 18.2 Å². The van der Waals surface area contributed by atoms with E-state index in [1.165, 1.54) is 16.8 Å². The molecule has 0 amide bonds. The molecule has 1 aromatic heterocycles. The number of nitrogens with one attached hydrogen (secondary N) is 1. The summed E-state index contributed by atoms with van der Waals surface area (Å²) in [6, 6.07) is 13.4. The van der Waals surface area contributed by atoms with Gasteiger partial charge < -0.3 is 20.1 Å². The van der Waals surface area contributed by atoms with Crippen molar-refractivity contribution >= 4 is 11.3 Å². The number of rotatable bonds is 5. The average molecular weight is 501 g/mol. The van der Waals surface area contributed by atoms with Gasteiger partial charge in [-0.25, -0.2) is 0 Å². The van der Waals surface area contributed by atoms with E-state index >= 15 is 0 Å². The molecule has 0 saturated carbocycles. The highest BCUT2D eigenvalue weighted by Crippen LogP contribution is 2.36. The number of ether oxygens (including phenoxy) is 1. The third kappa shape index (κ3) is 4.90. The highest BCUT2D eigenvalue weighted by molar-refractivity contribution is 5.78. The Bertz CT molecular complexity index is 1210. The van der Waals surface area contributed by atoms with Crippen LogP contribution in [0.2, 0.25) is 0 Å². The standard InChI is InChI=1S/C29H36N6O2/c1-20-15-34(28-7-5-21(12-30)29-27(28)3-2-8-32-29)18-26(37-20)17-33-9-10-35(25(16-33)19-36)24-6-4-22-13-31-14-23(22)11-24/h2-6,8,11,20,25-26,28,31,36H,7,9-10,13-19H2,1H3/t20-,25+,26+,28?/m1/s1. The van der Waals surface area contributed by atoms with Crippen molar-refractivity contribution in [3.63, 3.8) is 0 Å². The first-order valence-corrected chi connectivity index (χ1v) is 13.5. The number of piperazine rings is 1. The largest absolute Gasteiger partial charge is 0.394 e. The number of benzene rings is 1. The number of aliphatic hydroxyl groups is 1. The topological polar surface area (TPSA) is 87.9 Å². The molecule has 2 N–H and O–H groups in total. The van der Waals surface area contributed by atoms with E-state index in [0.717, 1.165) is 70.0 Å². The van der Waals surface area contributed by atoms with Crippen molar-refractivity contribution in [2.45, 2.75) is 50.7 Å². The maximum Gasteiger partial charge on any atom is 0.101 e. The normalized spacial score (nSPS) is 28.4. The number of aromatic nitrogens is 1. The fraction of sp³-hybridized carbons (Fsp3) is 0.517. The van der Waals surface area contributed by atoms with Crippen LogP contribution in [0, 0.1) is 11.3 Å². The molecule has 1 aromatic carbocycles. The van der Waals surface area contributed by atoms with Gasteiger partial charge in [-0.2, -0.15) is 5.26 Å². The number of allylic oxidation sites excluding steroid dienone is 1. The smallest absolute Gasteiger partial charge is 0.101 e. The molecule has 37 heavy (non-hydrogen) atoms. The summed E-state index contributed by atoms with van der Waals surface area (Å²) in [6.45, 7) is 9.40. The Hall–Kier alpha value is -2.80. The number of morpholine rings is 1. The summed E-state index contributed by atoms with van der Waals surface area (Å²) >= 11 is 0. The van der Waals surface area contributed by atoms with Crippen molar-refractivity contribution in [1.82, 2.24) is 20.1 Å². The minimum Gasteiger partial charge on any atom is -0.394 e. The molecule has 8 nitrogen and oxygen atoms in total. The van der Waals surface area contributed by atoms with Gasteiger partial charge >= 0.3 is 0 Å². The molecule has 194 valence electrons. The van der Waals surface area contributed by atoms with Gasteiger partial charge in [0.25, 0.3) is 0 Å². The van der Waals surface area contributed by atoms with Crippen molar-refractivity contribution in [2.24, 2.45) is 0 Å². The van der Waals surface area contributed by atoms with Crippen LogP contribution in [0.3, 0.4) is 0 Å². The van der Waals surface area contributed by atoms with Crippen molar-refractivity contribution in [3.8, 4) is 6.07 Å². The second kappa shape index (κ2) is 10.5. The molecule has 2 fully saturated rings. The molecule has 1 unspecified atom stereocenters. The molecule has 8 heteroatoms. The number of nitrogens with zero attached hydrogens (tertiary/aromatic N) is 5. The Labute approximate surface area is 219 Å². The zero-order valence-corrected chi connectivity index (χ0v) is 21.5. The van der Waals surface area contributed by atoms with Crippen LogP contribution in [-0.4, -0.2) is 84.0 Å². The maximum absolute atomic E-state index is 10.3. The number of hydrogen-bond acceptors (Lipinski definition) is 8. The van der Waals surface area contributed by atoms with E-state index in [1.54, 1.807) is 6.20 Å². The van der Waals surface area contributed by atoms with Gasteiger partial charge in [-0.15, -0.1) is 0 Å². The molecule has 4 heterocycles. The lowest BCUT2D eigenvalue weighted by Gasteiger charge is -2.46. The van der Waals surface area contributed by atoms with Crippen molar-refractivity contribution in [3.05, 3.63) is 65.0 Å². The lowest BCUT2D eigenvalue weighted by Crippen LogP contribution is -2.58. The molecular formula is C29H36N6O2.